The summed E-state index contributed by atoms with van der Waals surface area (Å²) in [5.74, 6) is -5.36. The van der Waals surface area contributed by atoms with Crippen LogP contribution in [0.5, 0.6) is 0 Å². The Morgan fingerprint density at radius 2 is 1.09 bits per heavy atom. The molecule has 5 aromatic rings. The maximum atomic E-state index is 14.4. The summed E-state index contributed by atoms with van der Waals surface area (Å²) in [4.78, 5) is 162. The number of piperazine rings is 2. The number of hydrogen-bond acceptors (Lipinski definition) is 16. The molecule has 4 aliphatic rings. The Morgan fingerprint density at radius 3 is 1.59 bits per heavy atom. The zero-order valence-corrected chi connectivity index (χ0v) is 54.1. The van der Waals surface area contributed by atoms with Crippen molar-refractivity contribution in [3.05, 3.63) is 113 Å². The lowest BCUT2D eigenvalue weighted by molar-refractivity contribution is -0.137. The van der Waals surface area contributed by atoms with Gasteiger partial charge >= 0.3 is 18.1 Å². The van der Waals surface area contributed by atoms with E-state index < -0.39 is 77.4 Å². The highest BCUT2D eigenvalue weighted by Crippen LogP contribution is 2.38. The molecule has 500 valence electrons. The molecule has 2 atom stereocenters. The minimum Gasteiger partial charge on any atom is -0.481 e. The van der Waals surface area contributed by atoms with Gasteiger partial charge in [-0.05, 0) is 106 Å². The highest BCUT2D eigenvalue weighted by molar-refractivity contribution is 6.28. The monoisotopic (exact) mass is 1290 g/mol. The molecule has 5 aromatic carbocycles. The normalized spacial score (nSPS) is 15.7. The van der Waals surface area contributed by atoms with Crippen LogP contribution < -0.4 is 36.8 Å². The van der Waals surface area contributed by atoms with Crippen molar-refractivity contribution >= 4 is 104 Å². The van der Waals surface area contributed by atoms with Gasteiger partial charge < -0.3 is 66.2 Å². The first-order chi connectivity index (χ1) is 45.1. The number of carbonyl (C=O) groups is 11. The van der Waals surface area contributed by atoms with Gasteiger partial charge in [-0.15, -0.1) is 0 Å². The highest BCUT2D eigenvalue weighted by atomic mass is 16.6. The third-order valence-corrected chi connectivity index (χ3v) is 17.9. The number of ether oxygens (including phenoxy) is 1. The lowest BCUT2D eigenvalue weighted by Crippen LogP contribution is -2.54. The summed E-state index contributed by atoms with van der Waals surface area (Å²) < 4.78 is 5.90. The van der Waals surface area contributed by atoms with Gasteiger partial charge in [-0.2, -0.15) is 0 Å². The molecular weight excluding hydrogens is 1210 g/mol. The molecule has 7 N–H and O–H groups in total. The fourth-order valence-electron chi connectivity index (χ4n) is 12.5. The summed E-state index contributed by atoms with van der Waals surface area (Å²) in [6.45, 7) is 10.9. The van der Waals surface area contributed by atoms with Crippen LogP contribution in [0.4, 0.5) is 26.7 Å². The number of unbranched alkanes of at least 4 members (excludes halogenated alkanes) is 1. The van der Waals surface area contributed by atoms with E-state index in [1.165, 1.54) is 21.6 Å². The third kappa shape index (κ3) is 16.6. The van der Waals surface area contributed by atoms with Gasteiger partial charge in [0.15, 0.2) is 0 Å². The van der Waals surface area contributed by atoms with Gasteiger partial charge in [0.1, 0.15) is 18.7 Å². The number of carboxylic acids is 1. The van der Waals surface area contributed by atoms with E-state index in [4.69, 9.17) is 15.6 Å². The van der Waals surface area contributed by atoms with E-state index in [1.54, 1.807) is 68.4 Å². The summed E-state index contributed by atoms with van der Waals surface area (Å²) in [6, 6.07) is 21.7. The quantitative estimate of drug-likeness (QED) is 0.0273. The number of benzene rings is 5. The minimum absolute atomic E-state index is 0.000454. The lowest BCUT2D eigenvalue weighted by Gasteiger charge is -2.36. The molecule has 94 heavy (non-hydrogen) atoms. The van der Waals surface area contributed by atoms with E-state index in [9.17, 15) is 52.7 Å². The number of carboxylic acid groups (broad SMARTS) is 1. The highest BCUT2D eigenvalue weighted by Gasteiger charge is 2.37. The van der Waals surface area contributed by atoms with E-state index in [1.807, 2.05) is 30.3 Å². The van der Waals surface area contributed by atoms with Crippen molar-refractivity contribution in [2.45, 2.75) is 84.4 Å². The number of nitrogens with zero attached hydrogens (tertiary/aromatic N) is 8. The van der Waals surface area contributed by atoms with Crippen molar-refractivity contribution in [1.29, 1.82) is 0 Å². The molecule has 0 bridgehead atoms. The number of carbonyl (C=O) groups excluding carboxylic acids is 10. The predicted molar refractivity (Wildman–Crippen MR) is 353 cm³/mol. The van der Waals surface area contributed by atoms with Gasteiger partial charge in [-0.3, -0.25) is 53.0 Å². The smallest absolute Gasteiger partial charge is 0.410 e. The van der Waals surface area contributed by atoms with Crippen LogP contribution >= 0.6 is 0 Å². The SMILES string of the molecule is CC(=O)N(CCCN(CCN1C(=O)c2cccc3c(N4CCN(C)CC4)ccc(c23)C1=O)C(=O)OCc1ccc(NC(=O)[C@H](CCCNC(N)=O)NC(=O)[C@@H](NC(=O)CCCCC(=O)O)C(C)C)cc1)CCN1C(=O)c2cccc3c(N4CCN(C)CC4)ccc(c23)C1=O. The average Bonchev–Trinajstić information content (AvgIpc) is 0.746. The van der Waals surface area contributed by atoms with Crippen LogP contribution in [-0.2, 0) is 35.3 Å². The van der Waals surface area contributed by atoms with Crippen LogP contribution in [0.25, 0.3) is 21.5 Å². The fourth-order valence-corrected chi connectivity index (χ4v) is 12.5. The van der Waals surface area contributed by atoms with Gasteiger partial charge in [0.2, 0.25) is 23.6 Å². The number of imide groups is 2. The molecule has 0 aliphatic carbocycles. The van der Waals surface area contributed by atoms with Crippen molar-refractivity contribution in [3.8, 4) is 0 Å². The van der Waals surface area contributed by atoms with E-state index in [0.717, 1.165) is 79.4 Å². The summed E-state index contributed by atoms with van der Waals surface area (Å²) in [7, 11) is 4.14. The van der Waals surface area contributed by atoms with Gasteiger partial charge in [0, 0.05) is 179 Å². The molecule has 26 nitrogen and oxygen atoms in total. The molecule has 2 fully saturated rings. The van der Waals surface area contributed by atoms with Crippen molar-refractivity contribution in [2.24, 2.45) is 11.7 Å². The Labute approximate surface area is 546 Å². The van der Waals surface area contributed by atoms with E-state index in [2.05, 4.69) is 55.0 Å². The average molecular weight is 1290 g/mol. The first-order valence-electron chi connectivity index (χ1n) is 32.2. The molecule has 11 amide bonds. The van der Waals surface area contributed by atoms with E-state index in [-0.39, 0.29) is 96.9 Å². The van der Waals surface area contributed by atoms with Crippen LogP contribution in [0.2, 0.25) is 0 Å². The molecule has 0 aromatic heterocycles. The largest absolute Gasteiger partial charge is 0.481 e. The Hall–Kier alpha value is -9.69. The summed E-state index contributed by atoms with van der Waals surface area (Å²) in [5, 5.41) is 22.4. The molecule has 0 radical (unpaired) electrons. The topological polar surface area (TPSA) is 317 Å². The third-order valence-electron chi connectivity index (χ3n) is 17.9. The van der Waals surface area contributed by atoms with Crippen LogP contribution in [0.1, 0.15) is 113 Å². The molecule has 2 saturated heterocycles. The maximum absolute atomic E-state index is 14.4. The van der Waals surface area contributed by atoms with Crippen molar-refractivity contribution in [3.63, 3.8) is 0 Å². The summed E-state index contributed by atoms with van der Waals surface area (Å²) in [6.07, 6.45) is 0.180. The van der Waals surface area contributed by atoms with Crippen molar-refractivity contribution < 1.29 is 62.6 Å². The molecule has 26 heteroatoms. The minimum atomic E-state index is -1.14. The number of hydrogen-bond donors (Lipinski definition) is 6. The predicted octanol–water partition coefficient (Wildman–Crippen LogP) is 4.92. The second-order valence-corrected chi connectivity index (χ2v) is 24.8. The number of amides is 11. The van der Waals surface area contributed by atoms with Crippen LogP contribution in [0.3, 0.4) is 0 Å². The standard InChI is InChI=1S/C68H85N13O13/c1-43(2)60(73-56(83)17-6-7-18-57(84)85)62(87)72-53(16-10-27-70-67(69)92)61(86)71-46-21-19-45(20-22-46)42-94-68(93)79(39-41-81-64(89)50-15-9-13-48-55(78-36-32-75(5)33-37-78)26-24-52(59(48)50)66(81)91)29-11-28-76(44(3)82)38-40-80-63(88)49-14-8-12-47-54(77-34-30-74(4)31-35-77)25-23-51(58(47)49)65(80)90/h8-9,12-15,19-26,43,53,60H,6-7,10-11,16-18,27-42H2,1-5H3,(H,71,86)(H,72,87)(H,73,83)(H,84,85)(H3,69,70,92)/t53-,60-/m0/s1. The van der Waals surface area contributed by atoms with Gasteiger partial charge in [0.25, 0.3) is 23.6 Å². The zero-order valence-electron chi connectivity index (χ0n) is 54.1. The number of aliphatic carboxylic acids is 1. The van der Waals surface area contributed by atoms with Gasteiger partial charge in [0.05, 0.1) is 0 Å². The first-order valence-corrected chi connectivity index (χ1v) is 32.2. The van der Waals surface area contributed by atoms with Crippen LogP contribution in [-0.4, -0.2) is 224 Å². The molecule has 9 rings (SSSR count). The second kappa shape index (κ2) is 31.3. The summed E-state index contributed by atoms with van der Waals surface area (Å²) in [5.41, 5.74) is 9.49. The van der Waals surface area contributed by atoms with Gasteiger partial charge in [-0.1, -0.05) is 50.2 Å². The molecule has 4 aliphatic heterocycles. The number of urea groups is 1. The fraction of sp³-hybridized carbons (Fsp3) is 0.456. The Bertz CT molecular complexity index is 3650. The van der Waals surface area contributed by atoms with E-state index >= 15 is 0 Å². The zero-order chi connectivity index (χ0) is 67.3. The second-order valence-electron chi connectivity index (χ2n) is 24.8. The summed E-state index contributed by atoms with van der Waals surface area (Å²) >= 11 is 0. The lowest BCUT2D eigenvalue weighted by atomic mass is 9.92. The first kappa shape index (κ1) is 68.7. The van der Waals surface area contributed by atoms with Crippen LogP contribution in [0.15, 0.2) is 84.9 Å². The number of nitrogens with one attached hydrogen (secondary N) is 4. The Kier molecular flexibility index (Phi) is 22.9. The van der Waals surface area contributed by atoms with E-state index in [0.29, 0.717) is 50.7 Å². The van der Waals surface area contributed by atoms with Crippen molar-refractivity contribution in [2.75, 3.05) is 127 Å². The van der Waals surface area contributed by atoms with Gasteiger partial charge in [-0.25, -0.2) is 9.59 Å². The Balaban J connectivity index is 0.868. The molecule has 4 heterocycles. The number of likely N-dealkylation sites (N-methyl/N-ethyl adjacent to an activating group) is 2. The molecule has 0 saturated carbocycles. The molecule has 0 spiro atoms. The number of primary amides is 1. The molecule has 0 unspecified atom stereocenters. The van der Waals surface area contributed by atoms with Crippen LogP contribution in [0, 0.1) is 5.92 Å². The maximum Gasteiger partial charge on any atom is 0.410 e. The Morgan fingerprint density at radius 1 is 0.585 bits per heavy atom. The number of anilines is 3. The molecular formula is C68H85N13O13. The number of nitrogens with two attached hydrogens (primary N) is 1. The number of rotatable bonds is 29. The van der Waals surface area contributed by atoms with Crippen molar-refractivity contribution in [1.82, 2.24) is 45.3 Å².